The number of allylic oxidation sites excluding steroid dienone is 1. The molecule has 1 rings (SSSR count). The van der Waals surface area contributed by atoms with Gasteiger partial charge in [0, 0.05) is 6.42 Å². The van der Waals surface area contributed by atoms with Crippen LogP contribution in [0.4, 0.5) is 0 Å². The summed E-state index contributed by atoms with van der Waals surface area (Å²) >= 11 is 0. The van der Waals surface area contributed by atoms with E-state index in [0.717, 1.165) is 12.7 Å². The van der Waals surface area contributed by atoms with E-state index in [-0.39, 0.29) is 0 Å². The molecular weight excluding hydrogens is 136 g/mol. The van der Waals surface area contributed by atoms with E-state index >= 15 is 0 Å². The summed E-state index contributed by atoms with van der Waals surface area (Å²) in [5, 5.41) is 0. The normalized spacial score (nSPS) is 31.3. The van der Waals surface area contributed by atoms with Gasteiger partial charge in [0.2, 0.25) is 0 Å². The molecule has 1 aliphatic rings. The first-order valence-corrected chi connectivity index (χ1v) is 4.44. The first-order valence-electron chi connectivity index (χ1n) is 4.44. The summed E-state index contributed by atoms with van der Waals surface area (Å²) in [5.41, 5.74) is 0. The average molecular weight is 152 g/mol. The van der Waals surface area contributed by atoms with Gasteiger partial charge in [0.25, 0.3) is 0 Å². The number of hydrogen-bond acceptors (Lipinski definition) is 1. The van der Waals surface area contributed by atoms with Crippen molar-refractivity contribution < 1.29 is 4.79 Å². The summed E-state index contributed by atoms with van der Waals surface area (Å²) in [6.45, 7) is 3.80. The summed E-state index contributed by atoms with van der Waals surface area (Å²) in [5.74, 6) is 1.20. The zero-order chi connectivity index (χ0) is 8.10. The van der Waals surface area contributed by atoms with Gasteiger partial charge in [-0.2, -0.15) is 0 Å². The number of rotatable bonds is 3. The Morgan fingerprint density at radius 3 is 2.73 bits per heavy atom. The van der Waals surface area contributed by atoms with Crippen molar-refractivity contribution in [2.24, 2.45) is 11.8 Å². The largest absolute Gasteiger partial charge is 0.303 e. The molecule has 62 valence electrons. The van der Waals surface area contributed by atoms with E-state index in [1.54, 1.807) is 0 Å². The van der Waals surface area contributed by atoms with Gasteiger partial charge in [-0.25, -0.2) is 0 Å². The summed E-state index contributed by atoms with van der Waals surface area (Å²) in [7, 11) is 0. The van der Waals surface area contributed by atoms with Gasteiger partial charge in [0.05, 0.1) is 0 Å². The lowest BCUT2D eigenvalue weighted by atomic mass is 9.78. The van der Waals surface area contributed by atoms with E-state index in [4.69, 9.17) is 0 Å². The number of aldehydes is 1. The lowest BCUT2D eigenvalue weighted by Crippen LogP contribution is -2.17. The number of carbonyl (C=O) groups excluding carboxylic acids is 1. The molecule has 1 heteroatoms. The first-order chi connectivity index (χ1) is 5.38. The third kappa shape index (κ3) is 2.18. The Morgan fingerprint density at radius 1 is 1.36 bits per heavy atom. The summed E-state index contributed by atoms with van der Waals surface area (Å²) < 4.78 is 0. The molecule has 0 aromatic rings. The number of hydrogen-bond donors (Lipinski definition) is 0. The van der Waals surface area contributed by atoms with Gasteiger partial charge in [-0.15, -0.1) is 6.58 Å². The molecule has 0 N–H and O–H groups in total. The van der Waals surface area contributed by atoms with Crippen LogP contribution in [0.25, 0.3) is 0 Å². The quantitative estimate of drug-likeness (QED) is 0.448. The first kappa shape index (κ1) is 8.51. The maximum Gasteiger partial charge on any atom is 0.120 e. The monoisotopic (exact) mass is 152 g/mol. The minimum Gasteiger partial charge on any atom is -0.303 e. The van der Waals surface area contributed by atoms with Gasteiger partial charge < -0.3 is 4.79 Å². The van der Waals surface area contributed by atoms with Crippen molar-refractivity contribution in [1.82, 2.24) is 0 Å². The fourth-order valence-corrected chi connectivity index (χ4v) is 1.96. The van der Waals surface area contributed by atoms with Gasteiger partial charge in [0.15, 0.2) is 0 Å². The lowest BCUT2D eigenvalue weighted by Gasteiger charge is -2.27. The maximum atomic E-state index is 10.3. The second-order valence-corrected chi connectivity index (χ2v) is 3.35. The van der Waals surface area contributed by atoms with Gasteiger partial charge in [-0.3, -0.25) is 0 Å². The van der Waals surface area contributed by atoms with Crippen LogP contribution in [0.15, 0.2) is 12.7 Å². The second kappa shape index (κ2) is 4.32. The molecule has 0 radical (unpaired) electrons. The molecule has 0 saturated heterocycles. The Kier molecular flexibility index (Phi) is 3.34. The van der Waals surface area contributed by atoms with Crippen molar-refractivity contribution >= 4 is 6.29 Å². The molecule has 0 aliphatic heterocycles. The van der Waals surface area contributed by atoms with Crippen LogP contribution < -0.4 is 0 Å². The third-order valence-electron chi connectivity index (χ3n) is 2.67. The van der Waals surface area contributed by atoms with Gasteiger partial charge in [-0.05, 0) is 24.7 Å². The SMILES string of the molecule is C=C[C@H]1CCCC[C@H]1CC=O. The summed E-state index contributed by atoms with van der Waals surface area (Å²) in [4.78, 5) is 10.3. The van der Waals surface area contributed by atoms with Crippen LogP contribution in [0.3, 0.4) is 0 Å². The van der Waals surface area contributed by atoms with E-state index in [2.05, 4.69) is 6.58 Å². The van der Waals surface area contributed by atoms with Crippen molar-refractivity contribution in [3.8, 4) is 0 Å². The van der Waals surface area contributed by atoms with Crippen LogP contribution >= 0.6 is 0 Å². The highest BCUT2D eigenvalue weighted by Gasteiger charge is 2.21. The standard InChI is InChI=1S/C10H16O/c1-2-9-5-3-4-6-10(9)7-8-11/h2,8-10H,1,3-7H2/t9-,10-/m0/s1. The molecule has 11 heavy (non-hydrogen) atoms. The molecule has 1 nitrogen and oxygen atoms in total. The third-order valence-corrected chi connectivity index (χ3v) is 2.67. The Labute approximate surface area is 68.5 Å². The fraction of sp³-hybridized carbons (Fsp3) is 0.700. The fourth-order valence-electron chi connectivity index (χ4n) is 1.96. The average Bonchev–Trinajstić information content (AvgIpc) is 2.06. The van der Waals surface area contributed by atoms with Crippen molar-refractivity contribution in [2.45, 2.75) is 32.1 Å². The van der Waals surface area contributed by atoms with Crippen LogP contribution in [-0.4, -0.2) is 6.29 Å². The molecule has 0 aromatic heterocycles. The molecule has 0 spiro atoms. The predicted octanol–water partition coefficient (Wildman–Crippen LogP) is 2.57. The van der Waals surface area contributed by atoms with Crippen molar-refractivity contribution in [2.75, 3.05) is 0 Å². The molecule has 1 fully saturated rings. The van der Waals surface area contributed by atoms with E-state index in [0.29, 0.717) is 11.8 Å². The zero-order valence-corrected chi connectivity index (χ0v) is 6.96. The minimum atomic E-state index is 0.596. The Hall–Kier alpha value is -0.590. The maximum absolute atomic E-state index is 10.3. The molecule has 1 aliphatic carbocycles. The summed E-state index contributed by atoms with van der Waals surface area (Å²) in [6, 6.07) is 0. The molecule has 0 aromatic carbocycles. The molecule has 0 bridgehead atoms. The molecule has 2 atom stereocenters. The van der Waals surface area contributed by atoms with Crippen LogP contribution in [0.2, 0.25) is 0 Å². The molecule has 0 unspecified atom stereocenters. The summed E-state index contributed by atoms with van der Waals surface area (Å²) in [6.07, 6.45) is 8.86. The van der Waals surface area contributed by atoms with E-state index in [9.17, 15) is 4.79 Å². The van der Waals surface area contributed by atoms with Crippen LogP contribution in [-0.2, 0) is 4.79 Å². The smallest absolute Gasteiger partial charge is 0.120 e. The molecule has 1 saturated carbocycles. The predicted molar refractivity (Wildman–Crippen MR) is 46.3 cm³/mol. The van der Waals surface area contributed by atoms with Gasteiger partial charge in [0.1, 0.15) is 6.29 Å². The van der Waals surface area contributed by atoms with Crippen LogP contribution in [0.5, 0.6) is 0 Å². The zero-order valence-electron chi connectivity index (χ0n) is 6.96. The van der Waals surface area contributed by atoms with Crippen molar-refractivity contribution in [3.05, 3.63) is 12.7 Å². The Balaban J connectivity index is 2.43. The van der Waals surface area contributed by atoms with E-state index in [1.807, 2.05) is 6.08 Å². The molecule has 0 amide bonds. The molecular formula is C10H16O. The van der Waals surface area contributed by atoms with Gasteiger partial charge >= 0.3 is 0 Å². The van der Waals surface area contributed by atoms with Crippen LogP contribution in [0.1, 0.15) is 32.1 Å². The highest BCUT2D eigenvalue weighted by molar-refractivity contribution is 5.49. The topological polar surface area (TPSA) is 17.1 Å². The van der Waals surface area contributed by atoms with E-state index < -0.39 is 0 Å². The highest BCUT2D eigenvalue weighted by atomic mass is 16.1. The van der Waals surface area contributed by atoms with Crippen molar-refractivity contribution in [1.29, 1.82) is 0 Å². The Morgan fingerprint density at radius 2 is 2.09 bits per heavy atom. The van der Waals surface area contributed by atoms with Crippen molar-refractivity contribution in [3.63, 3.8) is 0 Å². The lowest BCUT2D eigenvalue weighted by molar-refractivity contribution is -0.109. The van der Waals surface area contributed by atoms with E-state index in [1.165, 1.54) is 25.7 Å². The van der Waals surface area contributed by atoms with Crippen LogP contribution in [0, 0.1) is 11.8 Å². The highest BCUT2D eigenvalue weighted by Crippen LogP contribution is 2.32. The van der Waals surface area contributed by atoms with Gasteiger partial charge in [-0.1, -0.05) is 18.9 Å². The number of carbonyl (C=O) groups is 1. The Bertz CT molecular complexity index is 140. The second-order valence-electron chi connectivity index (χ2n) is 3.35. The minimum absolute atomic E-state index is 0.596. The molecule has 0 heterocycles.